The quantitative estimate of drug-likeness (QED) is 0.775. The van der Waals surface area contributed by atoms with Crippen LogP contribution in [0.5, 0.6) is 0 Å². The van der Waals surface area contributed by atoms with Gasteiger partial charge in [-0.15, -0.1) is 0 Å². The van der Waals surface area contributed by atoms with Gasteiger partial charge in [-0.1, -0.05) is 12.1 Å². The van der Waals surface area contributed by atoms with Gasteiger partial charge in [0.2, 0.25) is 0 Å². The Labute approximate surface area is 88.4 Å². The Balaban J connectivity index is 2.50. The lowest BCUT2D eigenvalue weighted by Gasteiger charge is -2.24. The summed E-state index contributed by atoms with van der Waals surface area (Å²) in [6, 6.07) is 5.33. The molecular formula is C12H14O3. The molecule has 1 aliphatic carbocycles. The summed E-state index contributed by atoms with van der Waals surface area (Å²) >= 11 is 0. The van der Waals surface area contributed by atoms with Crippen molar-refractivity contribution in [2.75, 3.05) is 6.61 Å². The Morgan fingerprint density at radius 1 is 1.47 bits per heavy atom. The summed E-state index contributed by atoms with van der Waals surface area (Å²) in [6.07, 6.45) is 2.73. The molecule has 0 heterocycles. The van der Waals surface area contributed by atoms with Crippen LogP contribution in [-0.4, -0.2) is 22.8 Å². The Bertz CT molecular complexity index is 384. The van der Waals surface area contributed by atoms with E-state index in [9.17, 15) is 9.90 Å². The molecule has 0 aliphatic heterocycles. The second-order valence-corrected chi connectivity index (χ2v) is 3.95. The molecule has 0 bridgehead atoms. The maximum Gasteiger partial charge on any atom is 0.335 e. The standard InChI is InChI=1S/C12H14O3/c13-7-8-3-1-5-10-9(8)4-2-6-11(10)12(14)15/h2,4,6,8,13H,1,3,5,7H2,(H,14,15). The minimum atomic E-state index is -0.870. The van der Waals surface area contributed by atoms with Crippen molar-refractivity contribution in [1.82, 2.24) is 0 Å². The minimum absolute atomic E-state index is 0.107. The molecule has 1 atom stereocenters. The van der Waals surface area contributed by atoms with Crippen LogP contribution in [0.15, 0.2) is 18.2 Å². The van der Waals surface area contributed by atoms with Crippen molar-refractivity contribution in [1.29, 1.82) is 0 Å². The van der Waals surface area contributed by atoms with Gasteiger partial charge >= 0.3 is 5.97 Å². The van der Waals surface area contributed by atoms with Gasteiger partial charge in [0.25, 0.3) is 0 Å². The number of hydrogen-bond acceptors (Lipinski definition) is 2. The molecule has 3 heteroatoms. The monoisotopic (exact) mass is 206 g/mol. The first-order chi connectivity index (χ1) is 7.24. The van der Waals surface area contributed by atoms with Crippen molar-refractivity contribution in [3.63, 3.8) is 0 Å². The summed E-state index contributed by atoms with van der Waals surface area (Å²) in [5.41, 5.74) is 2.32. The predicted octanol–water partition coefficient (Wildman–Crippen LogP) is 1.80. The Hall–Kier alpha value is -1.35. The number of carboxylic acid groups (broad SMARTS) is 1. The van der Waals surface area contributed by atoms with Crippen LogP contribution in [-0.2, 0) is 6.42 Å². The third kappa shape index (κ3) is 1.75. The molecule has 0 fully saturated rings. The highest BCUT2D eigenvalue weighted by Crippen LogP contribution is 2.32. The summed E-state index contributed by atoms with van der Waals surface area (Å²) < 4.78 is 0. The van der Waals surface area contributed by atoms with Crippen molar-refractivity contribution in [3.05, 3.63) is 34.9 Å². The van der Waals surface area contributed by atoms with Crippen molar-refractivity contribution < 1.29 is 15.0 Å². The van der Waals surface area contributed by atoms with Crippen LogP contribution in [0, 0.1) is 0 Å². The van der Waals surface area contributed by atoms with Crippen LogP contribution in [0.4, 0.5) is 0 Å². The van der Waals surface area contributed by atoms with Crippen LogP contribution in [0.1, 0.15) is 40.2 Å². The number of carbonyl (C=O) groups is 1. The average Bonchev–Trinajstić information content (AvgIpc) is 2.27. The molecule has 15 heavy (non-hydrogen) atoms. The van der Waals surface area contributed by atoms with Gasteiger partial charge in [-0.25, -0.2) is 4.79 Å². The van der Waals surface area contributed by atoms with Gasteiger partial charge < -0.3 is 10.2 Å². The highest BCUT2D eigenvalue weighted by Gasteiger charge is 2.23. The number of carboxylic acids is 1. The van der Waals surface area contributed by atoms with E-state index in [0.717, 1.165) is 30.4 Å². The molecule has 1 aromatic carbocycles. The first kappa shape index (κ1) is 10.2. The van der Waals surface area contributed by atoms with Crippen LogP contribution < -0.4 is 0 Å². The van der Waals surface area contributed by atoms with Gasteiger partial charge in [0.15, 0.2) is 0 Å². The first-order valence-corrected chi connectivity index (χ1v) is 5.20. The molecule has 0 aromatic heterocycles. The number of hydrogen-bond donors (Lipinski definition) is 2. The van der Waals surface area contributed by atoms with Gasteiger partial charge in [-0.3, -0.25) is 0 Å². The zero-order valence-electron chi connectivity index (χ0n) is 8.44. The maximum atomic E-state index is 11.0. The molecule has 2 rings (SSSR count). The van der Waals surface area contributed by atoms with E-state index in [2.05, 4.69) is 0 Å². The first-order valence-electron chi connectivity index (χ1n) is 5.20. The van der Waals surface area contributed by atoms with E-state index in [1.54, 1.807) is 12.1 Å². The predicted molar refractivity (Wildman–Crippen MR) is 56.2 cm³/mol. The minimum Gasteiger partial charge on any atom is -0.478 e. The van der Waals surface area contributed by atoms with Gasteiger partial charge in [0.05, 0.1) is 5.56 Å². The number of rotatable bonds is 2. The highest BCUT2D eigenvalue weighted by atomic mass is 16.4. The zero-order valence-corrected chi connectivity index (χ0v) is 8.44. The number of aromatic carboxylic acids is 1. The fourth-order valence-electron chi connectivity index (χ4n) is 2.34. The Morgan fingerprint density at radius 3 is 2.93 bits per heavy atom. The van der Waals surface area contributed by atoms with Crippen molar-refractivity contribution in [2.45, 2.75) is 25.2 Å². The molecule has 1 unspecified atom stereocenters. The zero-order chi connectivity index (χ0) is 10.8. The third-order valence-corrected chi connectivity index (χ3v) is 3.08. The molecule has 0 saturated heterocycles. The van der Waals surface area contributed by atoms with E-state index in [1.165, 1.54) is 0 Å². The highest BCUT2D eigenvalue weighted by molar-refractivity contribution is 5.90. The van der Waals surface area contributed by atoms with Crippen LogP contribution >= 0.6 is 0 Å². The summed E-state index contributed by atoms with van der Waals surface area (Å²) in [4.78, 5) is 11.0. The van der Waals surface area contributed by atoms with Crippen LogP contribution in [0.3, 0.4) is 0 Å². The SMILES string of the molecule is O=C(O)c1cccc2c1CCCC2CO. The summed E-state index contributed by atoms with van der Waals surface area (Å²) in [6.45, 7) is 0.107. The molecule has 0 radical (unpaired) electrons. The second-order valence-electron chi connectivity index (χ2n) is 3.95. The van der Waals surface area contributed by atoms with E-state index in [0.29, 0.717) is 5.56 Å². The fraction of sp³-hybridized carbons (Fsp3) is 0.417. The topological polar surface area (TPSA) is 57.5 Å². The molecule has 1 aliphatic rings. The van der Waals surface area contributed by atoms with Crippen molar-refractivity contribution in [3.8, 4) is 0 Å². The van der Waals surface area contributed by atoms with Crippen molar-refractivity contribution >= 4 is 5.97 Å². The molecule has 0 amide bonds. The van der Waals surface area contributed by atoms with E-state index < -0.39 is 5.97 Å². The Kier molecular flexibility index (Phi) is 2.73. The van der Waals surface area contributed by atoms with Gasteiger partial charge in [-0.05, 0) is 36.5 Å². The van der Waals surface area contributed by atoms with Crippen LogP contribution in [0.2, 0.25) is 0 Å². The normalized spacial score (nSPS) is 19.7. The largest absolute Gasteiger partial charge is 0.478 e. The molecule has 0 saturated carbocycles. The third-order valence-electron chi connectivity index (χ3n) is 3.08. The molecule has 0 spiro atoms. The van der Waals surface area contributed by atoms with E-state index in [4.69, 9.17) is 5.11 Å². The van der Waals surface area contributed by atoms with Gasteiger partial charge in [-0.2, -0.15) is 0 Å². The van der Waals surface area contributed by atoms with Crippen LogP contribution in [0.25, 0.3) is 0 Å². The fourth-order valence-corrected chi connectivity index (χ4v) is 2.34. The lowest BCUT2D eigenvalue weighted by molar-refractivity contribution is 0.0695. The molecule has 80 valence electrons. The van der Waals surface area contributed by atoms with E-state index in [1.807, 2.05) is 6.07 Å². The summed E-state index contributed by atoms with van der Waals surface area (Å²) in [7, 11) is 0. The number of aliphatic hydroxyl groups excluding tert-OH is 1. The lowest BCUT2D eigenvalue weighted by atomic mass is 9.81. The van der Waals surface area contributed by atoms with E-state index >= 15 is 0 Å². The van der Waals surface area contributed by atoms with Crippen molar-refractivity contribution in [2.24, 2.45) is 0 Å². The smallest absolute Gasteiger partial charge is 0.335 e. The molecule has 2 N–H and O–H groups in total. The second kappa shape index (κ2) is 4.03. The number of aliphatic hydroxyl groups is 1. The van der Waals surface area contributed by atoms with Gasteiger partial charge in [0, 0.05) is 12.5 Å². The maximum absolute atomic E-state index is 11.0. The lowest BCUT2D eigenvalue weighted by Crippen LogP contribution is -2.16. The summed E-state index contributed by atoms with van der Waals surface area (Å²) in [5, 5.41) is 18.3. The average molecular weight is 206 g/mol. The molecular weight excluding hydrogens is 192 g/mol. The van der Waals surface area contributed by atoms with Gasteiger partial charge in [0.1, 0.15) is 0 Å². The number of fused-ring (bicyclic) bond motifs is 1. The number of benzene rings is 1. The summed E-state index contributed by atoms with van der Waals surface area (Å²) in [5.74, 6) is -0.751. The molecule has 1 aromatic rings. The Morgan fingerprint density at radius 2 is 2.27 bits per heavy atom. The van der Waals surface area contributed by atoms with E-state index in [-0.39, 0.29) is 12.5 Å². The molecule has 3 nitrogen and oxygen atoms in total.